The van der Waals surface area contributed by atoms with Crippen LogP contribution in [0.25, 0.3) is 0 Å². The van der Waals surface area contributed by atoms with Crippen LogP contribution in [0.5, 0.6) is 0 Å². The molecule has 10 heavy (non-hydrogen) atoms. The second kappa shape index (κ2) is 2.55. The molecule has 0 saturated heterocycles. The maximum atomic E-state index is 10.1. The Labute approximate surface area is 58.1 Å². The third-order valence-corrected chi connectivity index (χ3v) is 1.35. The van der Waals surface area contributed by atoms with E-state index in [0.717, 1.165) is 0 Å². The van der Waals surface area contributed by atoms with E-state index in [2.05, 4.69) is 5.32 Å². The summed E-state index contributed by atoms with van der Waals surface area (Å²) in [4.78, 5) is 10.1. The van der Waals surface area contributed by atoms with Crippen LogP contribution >= 0.6 is 0 Å². The van der Waals surface area contributed by atoms with E-state index in [1.807, 2.05) is 0 Å². The molecule has 1 aliphatic heterocycles. The van der Waals surface area contributed by atoms with Gasteiger partial charge in [-0.25, -0.2) is 0 Å². The molecule has 1 heterocycles. The van der Waals surface area contributed by atoms with Crippen LogP contribution in [-0.4, -0.2) is 36.1 Å². The van der Waals surface area contributed by atoms with Crippen LogP contribution in [-0.2, 0) is 4.79 Å². The minimum absolute atomic E-state index is 0.126. The lowest BCUT2D eigenvalue weighted by Gasteiger charge is -2.01. The topological polar surface area (TPSA) is 81.2 Å². The van der Waals surface area contributed by atoms with Crippen molar-refractivity contribution in [2.24, 2.45) is 5.73 Å². The summed E-state index contributed by atoms with van der Waals surface area (Å²) in [6.07, 6.45) is 0. The number of nitrogens with two attached hydrogens (primary N) is 1. The summed E-state index contributed by atoms with van der Waals surface area (Å²) in [5.74, 6) is -0.684. The Hall–Kier alpha value is -1.26. The number of carbonyl (C=O) groups is 1. The lowest BCUT2D eigenvalue weighted by molar-refractivity contribution is -0.519. The molecule has 1 rings (SSSR count). The highest BCUT2D eigenvalue weighted by Gasteiger charge is 2.14. The van der Waals surface area contributed by atoms with Crippen LogP contribution in [0, 0.1) is 0 Å². The van der Waals surface area contributed by atoms with Crippen LogP contribution < -0.4 is 16.2 Å². The molecule has 1 aliphatic rings. The van der Waals surface area contributed by atoms with Crippen molar-refractivity contribution in [1.82, 2.24) is 5.32 Å². The van der Waals surface area contributed by atoms with Crippen molar-refractivity contribution >= 4 is 11.9 Å². The summed E-state index contributed by atoms with van der Waals surface area (Å²) < 4.78 is 1.52. The van der Waals surface area contributed by atoms with Gasteiger partial charge in [0.05, 0.1) is 19.1 Å². The SMILES string of the molecule is NC1=[N+](CC(=O)[O-])CCN1. The van der Waals surface area contributed by atoms with Crippen molar-refractivity contribution in [2.45, 2.75) is 0 Å². The molecule has 0 radical (unpaired) electrons. The van der Waals surface area contributed by atoms with Gasteiger partial charge in [-0.1, -0.05) is 0 Å². The summed E-state index contributed by atoms with van der Waals surface area (Å²) in [6.45, 7) is 1.22. The Morgan fingerprint density at radius 2 is 2.60 bits per heavy atom. The molecule has 0 fully saturated rings. The van der Waals surface area contributed by atoms with E-state index in [1.54, 1.807) is 0 Å². The van der Waals surface area contributed by atoms with E-state index in [4.69, 9.17) is 5.73 Å². The average Bonchev–Trinajstić information content (AvgIpc) is 2.15. The van der Waals surface area contributed by atoms with Gasteiger partial charge in [0.1, 0.15) is 6.54 Å². The van der Waals surface area contributed by atoms with Crippen molar-refractivity contribution in [1.29, 1.82) is 0 Å². The highest BCUT2D eigenvalue weighted by molar-refractivity contribution is 5.75. The lowest BCUT2D eigenvalue weighted by Crippen LogP contribution is -2.38. The molecule has 0 aromatic carbocycles. The predicted molar refractivity (Wildman–Crippen MR) is 32.2 cm³/mol. The number of guanidine groups is 1. The molecule has 5 nitrogen and oxygen atoms in total. The summed E-state index contributed by atoms with van der Waals surface area (Å²) in [5.41, 5.74) is 5.37. The summed E-state index contributed by atoms with van der Waals surface area (Å²) in [7, 11) is 0. The number of hydrogen-bond acceptors (Lipinski definition) is 4. The number of nitrogens with zero attached hydrogens (tertiary/aromatic N) is 1. The van der Waals surface area contributed by atoms with Crippen molar-refractivity contribution in [3.63, 3.8) is 0 Å². The third kappa shape index (κ3) is 1.37. The van der Waals surface area contributed by atoms with Crippen molar-refractivity contribution < 1.29 is 14.5 Å². The Morgan fingerprint density at radius 1 is 1.90 bits per heavy atom. The summed E-state index contributed by atoms with van der Waals surface area (Å²) in [6, 6.07) is 0. The first-order chi connectivity index (χ1) is 4.70. The molecule has 0 amide bonds. The Kier molecular flexibility index (Phi) is 1.75. The molecular formula is C5H9N3O2. The van der Waals surface area contributed by atoms with Gasteiger partial charge < -0.3 is 9.90 Å². The van der Waals surface area contributed by atoms with Crippen molar-refractivity contribution in [3.05, 3.63) is 0 Å². The van der Waals surface area contributed by atoms with Gasteiger partial charge in [-0.15, -0.1) is 0 Å². The first-order valence-corrected chi connectivity index (χ1v) is 3.01. The molecule has 0 bridgehead atoms. The normalized spacial score (nSPS) is 17.2. The van der Waals surface area contributed by atoms with Crippen LogP contribution in [0.2, 0.25) is 0 Å². The monoisotopic (exact) mass is 143 g/mol. The van der Waals surface area contributed by atoms with Gasteiger partial charge in [0.15, 0.2) is 0 Å². The molecule has 5 heteroatoms. The fourth-order valence-corrected chi connectivity index (χ4v) is 0.871. The number of nitrogens with one attached hydrogen (secondary N) is 1. The molecular weight excluding hydrogens is 134 g/mol. The molecule has 0 aromatic heterocycles. The van der Waals surface area contributed by atoms with Gasteiger partial charge in [-0.05, 0) is 0 Å². The van der Waals surface area contributed by atoms with Crippen molar-refractivity contribution in [2.75, 3.05) is 19.6 Å². The molecule has 0 atom stereocenters. The lowest BCUT2D eigenvalue weighted by atomic mass is 10.6. The zero-order chi connectivity index (χ0) is 7.56. The van der Waals surface area contributed by atoms with E-state index in [0.29, 0.717) is 19.0 Å². The van der Waals surface area contributed by atoms with E-state index in [9.17, 15) is 9.90 Å². The zero-order valence-electron chi connectivity index (χ0n) is 5.46. The highest BCUT2D eigenvalue weighted by Crippen LogP contribution is 1.80. The number of hydrogen-bond donors (Lipinski definition) is 2. The fourth-order valence-electron chi connectivity index (χ4n) is 0.871. The van der Waals surface area contributed by atoms with E-state index < -0.39 is 5.97 Å². The Bertz CT molecular complexity index is 187. The van der Waals surface area contributed by atoms with Gasteiger partial charge in [0, 0.05) is 0 Å². The maximum Gasteiger partial charge on any atom is 0.343 e. The van der Waals surface area contributed by atoms with E-state index in [-0.39, 0.29) is 6.54 Å². The van der Waals surface area contributed by atoms with Gasteiger partial charge in [-0.3, -0.25) is 15.6 Å². The second-order valence-electron chi connectivity index (χ2n) is 2.11. The first kappa shape index (κ1) is 6.85. The highest BCUT2D eigenvalue weighted by atomic mass is 16.4. The largest absolute Gasteiger partial charge is 0.547 e. The Balaban J connectivity index is 2.54. The van der Waals surface area contributed by atoms with E-state index in [1.165, 1.54) is 4.58 Å². The molecule has 0 aliphatic carbocycles. The summed E-state index contributed by atoms with van der Waals surface area (Å²) >= 11 is 0. The Morgan fingerprint density at radius 3 is 3.00 bits per heavy atom. The predicted octanol–water partition coefficient (Wildman–Crippen LogP) is -3.33. The molecule has 0 unspecified atom stereocenters. The maximum absolute atomic E-state index is 10.1. The van der Waals surface area contributed by atoms with Crippen molar-refractivity contribution in [3.8, 4) is 0 Å². The van der Waals surface area contributed by atoms with Gasteiger partial charge in [0.2, 0.25) is 0 Å². The zero-order valence-corrected chi connectivity index (χ0v) is 5.46. The van der Waals surface area contributed by atoms with Crippen LogP contribution in [0.1, 0.15) is 0 Å². The number of aliphatic carboxylic acids is 1. The molecule has 0 spiro atoms. The summed E-state index contributed by atoms with van der Waals surface area (Å²) in [5, 5.41) is 12.9. The molecule has 56 valence electrons. The third-order valence-electron chi connectivity index (χ3n) is 1.35. The molecule has 0 saturated carbocycles. The van der Waals surface area contributed by atoms with Gasteiger partial charge >= 0.3 is 5.96 Å². The second-order valence-corrected chi connectivity index (χ2v) is 2.11. The van der Waals surface area contributed by atoms with Gasteiger partial charge in [-0.2, -0.15) is 0 Å². The fraction of sp³-hybridized carbons (Fsp3) is 0.600. The number of rotatable bonds is 2. The molecule has 0 aromatic rings. The minimum Gasteiger partial charge on any atom is -0.547 e. The van der Waals surface area contributed by atoms with Crippen LogP contribution in [0.4, 0.5) is 0 Å². The number of carboxylic acid groups (broad SMARTS) is 1. The van der Waals surface area contributed by atoms with Crippen LogP contribution in [0.3, 0.4) is 0 Å². The molecule has 3 N–H and O–H groups in total. The van der Waals surface area contributed by atoms with E-state index >= 15 is 0 Å². The average molecular weight is 143 g/mol. The quantitative estimate of drug-likeness (QED) is 0.396. The minimum atomic E-state index is -1.10. The standard InChI is InChI=1S/C5H9N3O2/c6-5-7-1-2-8(5)3-4(9)10/h1-3H2,(H3,6,7,9,10). The van der Waals surface area contributed by atoms with Gasteiger partial charge in [0.25, 0.3) is 0 Å². The smallest absolute Gasteiger partial charge is 0.343 e. The first-order valence-electron chi connectivity index (χ1n) is 3.01. The van der Waals surface area contributed by atoms with Crippen LogP contribution in [0.15, 0.2) is 0 Å². The number of carboxylic acids is 1. The number of carbonyl (C=O) groups excluding carboxylic acids is 1.